The lowest BCUT2D eigenvalue weighted by Crippen LogP contribution is -2.11. The normalized spacial score (nSPS) is 15.6. The van der Waals surface area contributed by atoms with Crippen LogP contribution < -0.4 is 10.5 Å². The summed E-state index contributed by atoms with van der Waals surface area (Å²) >= 11 is 6.01. The zero-order valence-corrected chi connectivity index (χ0v) is 10.4. The Morgan fingerprint density at radius 1 is 1.50 bits per heavy atom. The van der Waals surface area contributed by atoms with E-state index in [2.05, 4.69) is 0 Å². The largest absolute Gasteiger partial charge is 0.493 e. The van der Waals surface area contributed by atoms with E-state index in [-0.39, 0.29) is 0 Å². The van der Waals surface area contributed by atoms with Crippen molar-refractivity contribution in [3.63, 3.8) is 0 Å². The Labute approximate surface area is 102 Å². The Morgan fingerprint density at radius 2 is 2.31 bits per heavy atom. The van der Waals surface area contributed by atoms with Crippen LogP contribution in [-0.4, -0.2) is 23.1 Å². The number of benzene rings is 1. The fourth-order valence-corrected chi connectivity index (χ4v) is 3.06. The number of ether oxygens (including phenoxy) is 1. The van der Waals surface area contributed by atoms with E-state index in [9.17, 15) is 4.21 Å². The summed E-state index contributed by atoms with van der Waals surface area (Å²) in [6, 6.07) is 3.75. The van der Waals surface area contributed by atoms with Crippen molar-refractivity contribution in [3.05, 3.63) is 28.3 Å². The number of hydrogen-bond donors (Lipinski definition) is 1. The third-order valence-corrected chi connectivity index (χ3v) is 4.03. The summed E-state index contributed by atoms with van der Waals surface area (Å²) in [6.45, 7) is 1.13. The lowest BCUT2D eigenvalue weighted by Gasteiger charge is -2.08. The molecule has 0 radical (unpaired) electrons. The Hall–Kier alpha value is -0.580. The maximum absolute atomic E-state index is 11.7. The summed E-state index contributed by atoms with van der Waals surface area (Å²) < 4.78 is 17.2. The van der Waals surface area contributed by atoms with E-state index in [1.54, 1.807) is 0 Å². The number of fused-ring (bicyclic) bond motifs is 1. The molecule has 1 atom stereocenters. The standard InChI is InChI=1S/C11H14ClNO2S/c12-10-5-8-1-3-15-11(8)9(6-10)7-16(14)4-2-13/h5-6H,1-4,7,13H2. The molecule has 0 aromatic heterocycles. The monoisotopic (exact) mass is 259 g/mol. The fraction of sp³-hybridized carbons (Fsp3) is 0.455. The van der Waals surface area contributed by atoms with Crippen LogP contribution in [0.4, 0.5) is 0 Å². The highest BCUT2D eigenvalue weighted by atomic mass is 35.5. The smallest absolute Gasteiger partial charge is 0.126 e. The highest BCUT2D eigenvalue weighted by Gasteiger charge is 2.18. The van der Waals surface area contributed by atoms with Crippen molar-refractivity contribution in [2.24, 2.45) is 5.73 Å². The van der Waals surface area contributed by atoms with Crippen molar-refractivity contribution in [2.75, 3.05) is 18.9 Å². The van der Waals surface area contributed by atoms with Crippen LogP contribution in [0.3, 0.4) is 0 Å². The molecule has 2 rings (SSSR count). The zero-order chi connectivity index (χ0) is 11.5. The summed E-state index contributed by atoms with van der Waals surface area (Å²) in [5.74, 6) is 1.86. The molecule has 0 saturated heterocycles. The highest BCUT2D eigenvalue weighted by Crippen LogP contribution is 2.33. The van der Waals surface area contributed by atoms with Crippen molar-refractivity contribution in [3.8, 4) is 5.75 Å². The molecule has 0 fully saturated rings. The second-order valence-electron chi connectivity index (χ2n) is 3.73. The molecule has 0 amide bonds. The van der Waals surface area contributed by atoms with Gasteiger partial charge in [-0.15, -0.1) is 0 Å². The molecule has 0 aliphatic carbocycles. The lowest BCUT2D eigenvalue weighted by molar-refractivity contribution is 0.354. The van der Waals surface area contributed by atoms with Gasteiger partial charge < -0.3 is 10.5 Å². The molecule has 0 saturated carbocycles. The van der Waals surface area contributed by atoms with E-state index in [4.69, 9.17) is 22.1 Å². The van der Waals surface area contributed by atoms with Gasteiger partial charge in [-0.1, -0.05) is 11.6 Å². The maximum atomic E-state index is 11.7. The van der Waals surface area contributed by atoms with Gasteiger partial charge in [-0.25, -0.2) is 0 Å². The minimum atomic E-state index is -0.935. The fourth-order valence-electron chi connectivity index (χ4n) is 1.83. The number of halogens is 1. The van der Waals surface area contributed by atoms with Gasteiger partial charge in [-0.3, -0.25) is 4.21 Å². The first-order valence-corrected chi connectivity index (χ1v) is 7.06. The molecule has 0 spiro atoms. The van der Waals surface area contributed by atoms with Crippen molar-refractivity contribution in [1.82, 2.24) is 0 Å². The quantitative estimate of drug-likeness (QED) is 0.891. The van der Waals surface area contributed by atoms with Gasteiger partial charge in [0.25, 0.3) is 0 Å². The van der Waals surface area contributed by atoms with Crippen LogP contribution in [0.1, 0.15) is 11.1 Å². The van der Waals surface area contributed by atoms with E-state index in [1.165, 1.54) is 0 Å². The topological polar surface area (TPSA) is 52.3 Å². The minimum absolute atomic E-state index is 0.441. The van der Waals surface area contributed by atoms with Crippen LogP contribution in [0.25, 0.3) is 0 Å². The first-order chi connectivity index (χ1) is 7.70. The SMILES string of the molecule is NCCS(=O)Cc1cc(Cl)cc2c1OCC2. The van der Waals surface area contributed by atoms with Gasteiger partial charge in [-0.2, -0.15) is 0 Å². The third-order valence-electron chi connectivity index (χ3n) is 2.49. The minimum Gasteiger partial charge on any atom is -0.493 e. The predicted octanol–water partition coefficient (Wildman–Crippen LogP) is 1.48. The molecule has 1 heterocycles. The van der Waals surface area contributed by atoms with E-state index in [0.29, 0.717) is 29.7 Å². The number of hydrogen-bond acceptors (Lipinski definition) is 3. The van der Waals surface area contributed by atoms with Gasteiger partial charge in [-0.05, 0) is 17.7 Å². The molecule has 16 heavy (non-hydrogen) atoms. The maximum Gasteiger partial charge on any atom is 0.126 e. The predicted molar refractivity (Wildman–Crippen MR) is 66.4 cm³/mol. The molecular weight excluding hydrogens is 246 g/mol. The van der Waals surface area contributed by atoms with Crippen LogP contribution in [0, 0.1) is 0 Å². The number of rotatable bonds is 4. The van der Waals surface area contributed by atoms with Crippen molar-refractivity contribution in [1.29, 1.82) is 0 Å². The Balaban J connectivity index is 2.23. The number of nitrogens with two attached hydrogens (primary N) is 1. The second-order valence-corrected chi connectivity index (χ2v) is 5.74. The van der Waals surface area contributed by atoms with E-state index >= 15 is 0 Å². The molecule has 88 valence electrons. The molecule has 1 aromatic carbocycles. The Morgan fingerprint density at radius 3 is 3.06 bits per heavy atom. The molecular formula is C11H14ClNO2S. The molecule has 1 aliphatic heterocycles. The summed E-state index contributed by atoms with van der Waals surface area (Å²) in [5.41, 5.74) is 7.43. The first kappa shape index (κ1) is 11.9. The molecule has 2 N–H and O–H groups in total. The second kappa shape index (κ2) is 5.17. The molecule has 1 unspecified atom stereocenters. The van der Waals surface area contributed by atoms with E-state index in [1.807, 2.05) is 12.1 Å². The Bertz CT molecular complexity index is 423. The highest BCUT2D eigenvalue weighted by molar-refractivity contribution is 7.84. The van der Waals surface area contributed by atoms with Crippen LogP contribution in [0.2, 0.25) is 5.02 Å². The van der Waals surface area contributed by atoms with Crippen LogP contribution in [-0.2, 0) is 23.0 Å². The summed E-state index contributed by atoms with van der Waals surface area (Å²) in [6.07, 6.45) is 0.881. The molecule has 1 aliphatic rings. The first-order valence-electron chi connectivity index (χ1n) is 5.20. The van der Waals surface area contributed by atoms with E-state index in [0.717, 1.165) is 23.3 Å². The van der Waals surface area contributed by atoms with Crippen LogP contribution in [0.5, 0.6) is 5.75 Å². The molecule has 3 nitrogen and oxygen atoms in total. The molecule has 5 heteroatoms. The summed E-state index contributed by atoms with van der Waals surface area (Å²) in [5, 5.41) is 0.684. The van der Waals surface area contributed by atoms with Crippen molar-refractivity contribution in [2.45, 2.75) is 12.2 Å². The van der Waals surface area contributed by atoms with Gasteiger partial charge in [0.1, 0.15) is 5.75 Å². The molecule has 1 aromatic rings. The summed E-state index contributed by atoms with van der Waals surface area (Å²) in [4.78, 5) is 0. The van der Waals surface area contributed by atoms with Crippen LogP contribution in [0.15, 0.2) is 12.1 Å². The Kier molecular flexibility index (Phi) is 3.84. The zero-order valence-electron chi connectivity index (χ0n) is 8.87. The molecule has 0 bridgehead atoms. The van der Waals surface area contributed by atoms with Crippen molar-refractivity contribution < 1.29 is 8.95 Å². The summed E-state index contributed by atoms with van der Waals surface area (Å²) in [7, 11) is -0.935. The van der Waals surface area contributed by atoms with Gasteiger partial charge in [0, 0.05) is 40.1 Å². The average Bonchev–Trinajstić information content (AvgIpc) is 2.65. The van der Waals surface area contributed by atoms with Gasteiger partial charge in [0.05, 0.1) is 12.4 Å². The third kappa shape index (κ3) is 2.56. The average molecular weight is 260 g/mol. The van der Waals surface area contributed by atoms with Gasteiger partial charge in [0.15, 0.2) is 0 Å². The van der Waals surface area contributed by atoms with E-state index < -0.39 is 10.8 Å². The van der Waals surface area contributed by atoms with Gasteiger partial charge in [0.2, 0.25) is 0 Å². The lowest BCUT2D eigenvalue weighted by atomic mass is 10.1. The van der Waals surface area contributed by atoms with Gasteiger partial charge >= 0.3 is 0 Å². The van der Waals surface area contributed by atoms with Crippen molar-refractivity contribution >= 4 is 22.4 Å². The van der Waals surface area contributed by atoms with Crippen LogP contribution >= 0.6 is 11.6 Å².